The lowest BCUT2D eigenvalue weighted by Crippen LogP contribution is -2.30. The number of hydrogen-bond donors (Lipinski definition) is 1. The Morgan fingerprint density at radius 2 is 2.27 bits per heavy atom. The topological polar surface area (TPSA) is 55.6 Å². The van der Waals surface area contributed by atoms with Gasteiger partial charge in [-0.3, -0.25) is 4.90 Å². The van der Waals surface area contributed by atoms with E-state index < -0.39 is 6.09 Å². The van der Waals surface area contributed by atoms with Crippen LogP contribution >= 0.6 is 0 Å². The molecule has 78 valence electrons. The molecule has 0 bridgehead atoms. The summed E-state index contributed by atoms with van der Waals surface area (Å²) >= 11 is 0. The highest BCUT2D eigenvalue weighted by Gasteiger charge is 2.10. The molecule has 0 unspecified atom stereocenters. The van der Waals surface area contributed by atoms with Crippen LogP contribution in [0.3, 0.4) is 0 Å². The quantitative estimate of drug-likeness (QED) is 0.584. The number of amides is 1. The second-order valence-electron chi connectivity index (χ2n) is 2.97. The SMILES string of the molecule is C#CCN(C)C(=O)Oc1ccccc1N. The zero-order valence-corrected chi connectivity index (χ0v) is 8.43. The number of ether oxygens (including phenoxy) is 1. The van der Waals surface area contributed by atoms with Gasteiger partial charge in [0.15, 0.2) is 5.75 Å². The van der Waals surface area contributed by atoms with E-state index >= 15 is 0 Å². The van der Waals surface area contributed by atoms with Crippen LogP contribution < -0.4 is 10.5 Å². The maximum absolute atomic E-state index is 11.4. The molecule has 1 rings (SSSR count). The summed E-state index contributed by atoms with van der Waals surface area (Å²) in [6.07, 6.45) is 4.54. The minimum absolute atomic E-state index is 0.200. The summed E-state index contributed by atoms with van der Waals surface area (Å²) in [7, 11) is 1.56. The first-order valence-corrected chi connectivity index (χ1v) is 4.36. The van der Waals surface area contributed by atoms with E-state index in [1.54, 1.807) is 31.3 Å². The number of nitrogen functional groups attached to an aromatic ring is 1. The third-order valence-electron chi connectivity index (χ3n) is 1.76. The van der Waals surface area contributed by atoms with Gasteiger partial charge in [-0.1, -0.05) is 18.1 Å². The summed E-state index contributed by atoms with van der Waals surface area (Å²) in [6, 6.07) is 6.78. The van der Waals surface area contributed by atoms with E-state index in [0.29, 0.717) is 11.4 Å². The van der Waals surface area contributed by atoms with Crippen LogP contribution in [0.25, 0.3) is 0 Å². The molecule has 0 saturated carbocycles. The van der Waals surface area contributed by atoms with E-state index in [4.69, 9.17) is 16.9 Å². The molecular weight excluding hydrogens is 192 g/mol. The van der Waals surface area contributed by atoms with Gasteiger partial charge in [-0.15, -0.1) is 6.42 Å². The van der Waals surface area contributed by atoms with E-state index in [2.05, 4.69) is 5.92 Å². The van der Waals surface area contributed by atoms with Crippen molar-refractivity contribution in [3.8, 4) is 18.1 Å². The number of nitrogens with two attached hydrogens (primary N) is 1. The fourth-order valence-electron chi connectivity index (χ4n) is 0.947. The van der Waals surface area contributed by atoms with Gasteiger partial charge in [0.25, 0.3) is 0 Å². The number of nitrogens with zero attached hydrogens (tertiary/aromatic N) is 1. The molecule has 0 radical (unpaired) electrons. The highest BCUT2D eigenvalue weighted by atomic mass is 16.6. The number of carbonyl (C=O) groups is 1. The lowest BCUT2D eigenvalue weighted by molar-refractivity contribution is 0.168. The maximum atomic E-state index is 11.4. The van der Waals surface area contributed by atoms with Crippen molar-refractivity contribution in [1.82, 2.24) is 4.90 Å². The van der Waals surface area contributed by atoms with Crippen molar-refractivity contribution in [3.63, 3.8) is 0 Å². The summed E-state index contributed by atoms with van der Waals surface area (Å²) in [4.78, 5) is 12.7. The molecule has 0 aliphatic carbocycles. The van der Waals surface area contributed by atoms with Crippen LogP contribution in [0.5, 0.6) is 5.75 Å². The van der Waals surface area contributed by atoms with Crippen molar-refractivity contribution >= 4 is 11.8 Å². The summed E-state index contributed by atoms with van der Waals surface area (Å²) in [5, 5.41) is 0. The number of rotatable bonds is 2. The number of benzene rings is 1. The van der Waals surface area contributed by atoms with Crippen LogP contribution in [0, 0.1) is 12.3 Å². The van der Waals surface area contributed by atoms with Crippen molar-refractivity contribution in [2.75, 3.05) is 19.3 Å². The molecule has 0 saturated heterocycles. The summed E-state index contributed by atoms with van der Waals surface area (Å²) in [6.45, 7) is 0.200. The summed E-state index contributed by atoms with van der Waals surface area (Å²) < 4.78 is 5.03. The minimum atomic E-state index is -0.522. The van der Waals surface area contributed by atoms with E-state index in [1.807, 2.05) is 0 Å². The molecule has 4 heteroatoms. The molecule has 0 atom stereocenters. The molecular formula is C11H12N2O2. The predicted molar refractivity (Wildman–Crippen MR) is 58.3 cm³/mol. The third kappa shape index (κ3) is 2.92. The van der Waals surface area contributed by atoms with Gasteiger partial charge in [0.2, 0.25) is 0 Å². The number of carbonyl (C=O) groups excluding carboxylic acids is 1. The van der Waals surface area contributed by atoms with Crippen LogP contribution in [0.15, 0.2) is 24.3 Å². The van der Waals surface area contributed by atoms with Crippen LogP contribution in [0.2, 0.25) is 0 Å². The van der Waals surface area contributed by atoms with E-state index in [1.165, 1.54) is 4.90 Å². The van der Waals surface area contributed by atoms with Gasteiger partial charge in [-0.25, -0.2) is 4.79 Å². The van der Waals surface area contributed by atoms with Crippen LogP contribution in [-0.4, -0.2) is 24.6 Å². The molecule has 1 aromatic carbocycles. The lowest BCUT2D eigenvalue weighted by atomic mass is 10.3. The minimum Gasteiger partial charge on any atom is -0.408 e. The van der Waals surface area contributed by atoms with Crippen molar-refractivity contribution in [3.05, 3.63) is 24.3 Å². The van der Waals surface area contributed by atoms with Crippen molar-refractivity contribution < 1.29 is 9.53 Å². The molecule has 4 nitrogen and oxygen atoms in total. The standard InChI is InChI=1S/C11H12N2O2/c1-3-8-13(2)11(14)15-10-7-5-4-6-9(10)12/h1,4-7H,8,12H2,2H3. The van der Waals surface area contributed by atoms with Crippen molar-refractivity contribution in [1.29, 1.82) is 0 Å². The van der Waals surface area contributed by atoms with Crippen molar-refractivity contribution in [2.45, 2.75) is 0 Å². The molecule has 0 fully saturated rings. The van der Waals surface area contributed by atoms with E-state index in [0.717, 1.165) is 0 Å². The monoisotopic (exact) mass is 204 g/mol. The number of para-hydroxylation sites is 2. The average Bonchev–Trinajstić information content (AvgIpc) is 2.21. The van der Waals surface area contributed by atoms with Gasteiger partial charge in [0.1, 0.15) is 0 Å². The Morgan fingerprint density at radius 1 is 1.60 bits per heavy atom. The second-order valence-corrected chi connectivity index (χ2v) is 2.97. The fourth-order valence-corrected chi connectivity index (χ4v) is 0.947. The first-order valence-electron chi connectivity index (χ1n) is 4.36. The summed E-state index contributed by atoms with van der Waals surface area (Å²) in [5.74, 6) is 2.68. The molecule has 0 heterocycles. The Labute approximate surface area is 88.6 Å². The number of anilines is 1. The molecule has 1 amide bonds. The van der Waals surface area contributed by atoms with E-state index in [-0.39, 0.29) is 6.54 Å². The molecule has 0 aliphatic heterocycles. The van der Waals surface area contributed by atoms with Gasteiger partial charge in [-0.2, -0.15) is 0 Å². The highest BCUT2D eigenvalue weighted by molar-refractivity contribution is 5.73. The number of terminal acetylenes is 1. The Balaban J connectivity index is 2.67. The zero-order chi connectivity index (χ0) is 11.3. The summed E-state index contributed by atoms with van der Waals surface area (Å²) in [5.41, 5.74) is 6.02. The Hall–Kier alpha value is -2.15. The smallest absolute Gasteiger partial charge is 0.408 e. The van der Waals surface area contributed by atoms with Gasteiger partial charge in [0, 0.05) is 7.05 Å². The molecule has 2 N–H and O–H groups in total. The van der Waals surface area contributed by atoms with Crippen LogP contribution in [-0.2, 0) is 0 Å². The van der Waals surface area contributed by atoms with Crippen LogP contribution in [0.4, 0.5) is 10.5 Å². The second kappa shape index (κ2) is 4.91. The van der Waals surface area contributed by atoms with Crippen molar-refractivity contribution in [2.24, 2.45) is 0 Å². The fraction of sp³-hybridized carbons (Fsp3) is 0.182. The van der Waals surface area contributed by atoms with E-state index in [9.17, 15) is 4.79 Å². The molecule has 1 aromatic rings. The average molecular weight is 204 g/mol. The first kappa shape index (κ1) is 10.9. The lowest BCUT2D eigenvalue weighted by Gasteiger charge is -2.14. The first-order chi connectivity index (χ1) is 7.15. The van der Waals surface area contributed by atoms with Crippen LogP contribution in [0.1, 0.15) is 0 Å². The Kier molecular flexibility index (Phi) is 3.58. The largest absolute Gasteiger partial charge is 0.415 e. The van der Waals surface area contributed by atoms with Gasteiger partial charge < -0.3 is 10.5 Å². The predicted octanol–water partition coefficient (Wildman–Crippen LogP) is 1.33. The molecule has 0 aliphatic rings. The number of hydrogen-bond acceptors (Lipinski definition) is 3. The van der Waals surface area contributed by atoms with Gasteiger partial charge in [0.05, 0.1) is 12.2 Å². The maximum Gasteiger partial charge on any atom is 0.415 e. The molecule has 15 heavy (non-hydrogen) atoms. The Morgan fingerprint density at radius 3 is 2.87 bits per heavy atom. The molecule has 0 aromatic heterocycles. The third-order valence-corrected chi connectivity index (χ3v) is 1.76. The molecule has 0 spiro atoms. The highest BCUT2D eigenvalue weighted by Crippen LogP contribution is 2.20. The zero-order valence-electron chi connectivity index (χ0n) is 8.43. The Bertz CT molecular complexity index is 396. The van der Waals surface area contributed by atoms with Gasteiger partial charge in [-0.05, 0) is 12.1 Å². The normalized spacial score (nSPS) is 9.07. The van der Waals surface area contributed by atoms with Gasteiger partial charge >= 0.3 is 6.09 Å².